The van der Waals surface area contributed by atoms with E-state index in [0.717, 1.165) is 32.2 Å². The maximum Gasteiger partial charge on any atom is 0.253 e. The number of carbonyl (C=O) groups is 2. The van der Waals surface area contributed by atoms with Crippen molar-refractivity contribution < 1.29 is 14.7 Å². The number of piperidine rings is 1. The number of carbonyl (C=O) groups excluding carboxylic acids is 2. The van der Waals surface area contributed by atoms with Gasteiger partial charge in [0.1, 0.15) is 5.00 Å². The highest BCUT2D eigenvalue weighted by atomic mass is 32.1. The van der Waals surface area contributed by atoms with Gasteiger partial charge in [-0.2, -0.15) is 0 Å². The van der Waals surface area contributed by atoms with Gasteiger partial charge in [-0.05, 0) is 25.7 Å². The molecule has 3 rings (SSSR count). The summed E-state index contributed by atoms with van der Waals surface area (Å²) in [5.74, 6) is -0.552. The van der Waals surface area contributed by atoms with Crippen LogP contribution in [0.4, 0.5) is 10.7 Å². The summed E-state index contributed by atoms with van der Waals surface area (Å²) < 4.78 is 0. The number of primary amides is 1. The molecule has 7 heteroatoms. The SMILES string of the molecule is NC(=O)c1c(N2CCCC(O)C2)sc(C(=O)C2CC2)c1N. The molecule has 21 heavy (non-hydrogen) atoms. The van der Waals surface area contributed by atoms with E-state index >= 15 is 0 Å². The third kappa shape index (κ3) is 2.63. The van der Waals surface area contributed by atoms with Crippen LogP contribution in [0, 0.1) is 5.92 Å². The number of aliphatic hydroxyl groups is 1. The van der Waals surface area contributed by atoms with Crippen LogP contribution < -0.4 is 16.4 Å². The Morgan fingerprint density at radius 2 is 2.00 bits per heavy atom. The van der Waals surface area contributed by atoms with Gasteiger partial charge < -0.3 is 21.5 Å². The van der Waals surface area contributed by atoms with Crippen LogP contribution in [-0.2, 0) is 0 Å². The van der Waals surface area contributed by atoms with Gasteiger partial charge in [-0.1, -0.05) is 0 Å². The topological polar surface area (TPSA) is 110 Å². The smallest absolute Gasteiger partial charge is 0.253 e. The van der Waals surface area contributed by atoms with Crippen molar-refractivity contribution in [3.8, 4) is 0 Å². The van der Waals surface area contributed by atoms with Crippen LogP contribution in [0.2, 0.25) is 0 Å². The Morgan fingerprint density at radius 3 is 2.57 bits per heavy atom. The fourth-order valence-corrected chi connectivity index (χ4v) is 4.03. The molecule has 1 saturated carbocycles. The number of anilines is 2. The first-order valence-corrected chi connectivity index (χ1v) is 8.00. The second-order valence-electron chi connectivity index (χ2n) is 5.77. The molecule has 1 aromatic heterocycles. The number of amides is 1. The Kier molecular flexibility index (Phi) is 3.62. The quantitative estimate of drug-likeness (QED) is 0.718. The lowest BCUT2D eigenvalue weighted by atomic mass is 10.1. The average molecular weight is 309 g/mol. The lowest BCUT2D eigenvalue weighted by molar-refractivity contribution is 0.0972. The van der Waals surface area contributed by atoms with E-state index in [1.54, 1.807) is 0 Å². The number of thiophene rings is 1. The molecule has 5 N–H and O–H groups in total. The number of Topliss-reactive ketones (excluding diaryl/α,β-unsaturated/α-hetero) is 1. The molecular weight excluding hydrogens is 290 g/mol. The molecule has 2 aliphatic rings. The van der Waals surface area contributed by atoms with Crippen LogP contribution in [-0.4, -0.2) is 36.0 Å². The van der Waals surface area contributed by atoms with E-state index in [0.29, 0.717) is 16.4 Å². The molecule has 0 bridgehead atoms. The Hall–Kier alpha value is -1.60. The maximum atomic E-state index is 12.3. The van der Waals surface area contributed by atoms with Crippen LogP contribution >= 0.6 is 11.3 Å². The molecule has 1 unspecified atom stereocenters. The lowest BCUT2D eigenvalue weighted by Gasteiger charge is -2.31. The van der Waals surface area contributed by atoms with Gasteiger partial charge in [0.2, 0.25) is 0 Å². The van der Waals surface area contributed by atoms with Crippen molar-refractivity contribution in [3.63, 3.8) is 0 Å². The number of hydrogen-bond acceptors (Lipinski definition) is 6. The Labute approximate surface area is 126 Å². The largest absolute Gasteiger partial charge is 0.397 e. The van der Waals surface area contributed by atoms with Crippen LogP contribution in [0.3, 0.4) is 0 Å². The zero-order valence-electron chi connectivity index (χ0n) is 11.7. The van der Waals surface area contributed by atoms with Crippen LogP contribution in [0.1, 0.15) is 45.7 Å². The zero-order chi connectivity index (χ0) is 15.1. The second kappa shape index (κ2) is 5.31. The first-order valence-electron chi connectivity index (χ1n) is 7.18. The van der Waals surface area contributed by atoms with Gasteiger partial charge in [-0.25, -0.2) is 0 Å². The molecule has 1 saturated heterocycles. The molecule has 114 valence electrons. The van der Waals surface area contributed by atoms with Crippen molar-refractivity contribution in [1.82, 2.24) is 0 Å². The van der Waals surface area contributed by atoms with Crippen LogP contribution in [0.15, 0.2) is 0 Å². The monoisotopic (exact) mass is 309 g/mol. The van der Waals surface area contributed by atoms with Crippen molar-refractivity contribution in [2.45, 2.75) is 31.8 Å². The number of nitrogens with zero attached hydrogens (tertiary/aromatic N) is 1. The van der Waals surface area contributed by atoms with Crippen LogP contribution in [0.25, 0.3) is 0 Å². The van der Waals surface area contributed by atoms with E-state index in [4.69, 9.17) is 11.5 Å². The highest BCUT2D eigenvalue weighted by molar-refractivity contribution is 7.19. The predicted molar refractivity (Wildman–Crippen MR) is 81.8 cm³/mol. The minimum absolute atomic E-state index is 0.0174. The summed E-state index contributed by atoms with van der Waals surface area (Å²) in [4.78, 5) is 26.4. The van der Waals surface area contributed by atoms with Gasteiger partial charge in [-0.3, -0.25) is 9.59 Å². The number of rotatable bonds is 4. The number of β-amino-alcohol motifs (C(OH)–C–C–N with tert-alkyl or cyclic N) is 1. The van der Waals surface area contributed by atoms with E-state index in [-0.39, 0.29) is 23.0 Å². The summed E-state index contributed by atoms with van der Waals surface area (Å²) in [5, 5.41) is 10.4. The summed E-state index contributed by atoms with van der Waals surface area (Å²) >= 11 is 1.24. The molecule has 0 radical (unpaired) electrons. The minimum atomic E-state index is -0.617. The predicted octanol–water partition coefficient (Wildman–Crippen LogP) is 0.983. The highest BCUT2D eigenvalue weighted by Gasteiger charge is 2.36. The van der Waals surface area contributed by atoms with Gasteiger partial charge in [0.05, 0.1) is 22.2 Å². The van der Waals surface area contributed by atoms with E-state index in [1.807, 2.05) is 4.90 Å². The average Bonchev–Trinajstić information content (AvgIpc) is 3.21. The first kappa shape index (κ1) is 14.3. The van der Waals surface area contributed by atoms with Crippen molar-refractivity contribution in [1.29, 1.82) is 0 Å². The van der Waals surface area contributed by atoms with Gasteiger partial charge >= 0.3 is 0 Å². The molecule has 1 aromatic rings. The van der Waals surface area contributed by atoms with Gasteiger partial charge in [0.15, 0.2) is 5.78 Å². The second-order valence-corrected chi connectivity index (χ2v) is 6.77. The number of ketones is 1. The van der Waals surface area contributed by atoms with E-state index in [2.05, 4.69) is 0 Å². The molecule has 1 atom stereocenters. The molecule has 0 aromatic carbocycles. The summed E-state index contributed by atoms with van der Waals surface area (Å²) in [5.41, 5.74) is 11.9. The van der Waals surface area contributed by atoms with Gasteiger partial charge in [-0.15, -0.1) is 11.3 Å². The van der Waals surface area contributed by atoms with E-state index < -0.39 is 12.0 Å². The van der Waals surface area contributed by atoms with Crippen molar-refractivity contribution >= 4 is 33.7 Å². The van der Waals surface area contributed by atoms with E-state index in [9.17, 15) is 14.7 Å². The number of nitrogens with two attached hydrogens (primary N) is 2. The van der Waals surface area contributed by atoms with Gasteiger partial charge in [0, 0.05) is 19.0 Å². The van der Waals surface area contributed by atoms with Crippen molar-refractivity contribution in [3.05, 3.63) is 10.4 Å². The molecule has 2 heterocycles. The molecule has 0 spiro atoms. The molecular formula is C14H19N3O3S. The molecule has 1 aliphatic carbocycles. The standard InChI is InChI=1S/C14H19N3O3S/c15-10-9(13(16)20)14(17-5-1-2-8(18)6-17)21-12(10)11(19)7-3-4-7/h7-8,18H,1-6,15H2,(H2,16,20). The molecule has 6 nitrogen and oxygen atoms in total. The summed E-state index contributed by atoms with van der Waals surface area (Å²) in [6.07, 6.45) is 2.94. The van der Waals surface area contributed by atoms with Crippen molar-refractivity contribution in [2.24, 2.45) is 11.7 Å². The third-order valence-electron chi connectivity index (χ3n) is 4.03. The lowest BCUT2D eigenvalue weighted by Crippen LogP contribution is -2.38. The maximum absolute atomic E-state index is 12.3. The highest BCUT2D eigenvalue weighted by Crippen LogP contribution is 2.43. The fraction of sp³-hybridized carbons (Fsp3) is 0.571. The first-order chi connectivity index (χ1) is 9.99. The van der Waals surface area contributed by atoms with Crippen molar-refractivity contribution in [2.75, 3.05) is 23.7 Å². The Morgan fingerprint density at radius 1 is 1.29 bits per heavy atom. The Balaban J connectivity index is 1.99. The summed E-state index contributed by atoms with van der Waals surface area (Å²) in [7, 11) is 0. The number of hydrogen-bond donors (Lipinski definition) is 3. The van der Waals surface area contributed by atoms with E-state index in [1.165, 1.54) is 11.3 Å². The number of nitrogen functional groups attached to an aromatic ring is 1. The number of aliphatic hydroxyl groups excluding tert-OH is 1. The zero-order valence-corrected chi connectivity index (χ0v) is 12.5. The third-order valence-corrected chi connectivity index (χ3v) is 5.31. The molecule has 1 aliphatic heterocycles. The fourth-order valence-electron chi connectivity index (χ4n) is 2.75. The van der Waals surface area contributed by atoms with Gasteiger partial charge in [0.25, 0.3) is 5.91 Å². The minimum Gasteiger partial charge on any atom is -0.397 e. The molecule has 1 amide bonds. The Bertz CT molecular complexity index is 595. The molecule has 2 fully saturated rings. The summed E-state index contributed by atoms with van der Waals surface area (Å²) in [6, 6.07) is 0. The normalized spacial score (nSPS) is 22.3. The summed E-state index contributed by atoms with van der Waals surface area (Å²) in [6.45, 7) is 1.17. The van der Waals surface area contributed by atoms with Crippen LogP contribution in [0.5, 0.6) is 0 Å².